The van der Waals surface area contributed by atoms with Gasteiger partial charge in [0.25, 0.3) is 0 Å². The zero-order chi connectivity index (χ0) is 13.7. The van der Waals surface area contributed by atoms with Crippen LogP contribution in [0.25, 0.3) is 0 Å². The maximum Gasteiger partial charge on any atom is 0.140 e. The maximum atomic E-state index is 8.73. The molecule has 1 aliphatic rings. The molecule has 1 saturated carbocycles. The predicted octanol–water partition coefficient (Wildman–Crippen LogP) is 2.49. The molecule has 1 aliphatic carbocycles. The second kappa shape index (κ2) is 6.03. The van der Waals surface area contributed by atoms with E-state index in [1.54, 1.807) is 12.3 Å². The second-order valence-electron chi connectivity index (χ2n) is 5.84. The molecule has 0 aromatic carbocycles. The van der Waals surface area contributed by atoms with Crippen LogP contribution >= 0.6 is 0 Å². The lowest BCUT2D eigenvalue weighted by atomic mass is 9.85. The van der Waals surface area contributed by atoms with E-state index in [1.165, 1.54) is 25.7 Å². The molecule has 0 unspecified atom stereocenters. The summed E-state index contributed by atoms with van der Waals surface area (Å²) >= 11 is 0. The van der Waals surface area contributed by atoms with Gasteiger partial charge in [0.2, 0.25) is 0 Å². The SMILES string of the molecule is CN(C)CC1(CNc2ccc(C#N)nc2)CCCC1. The molecule has 0 bridgehead atoms. The molecule has 0 saturated heterocycles. The van der Waals surface area contributed by atoms with E-state index in [9.17, 15) is 0 Å². The van der Waals surface area contributed by atoms with Crippen molar-refractivity contribution in [3.05, 3.63) is 24.0 Å². The van der Waals surface area contributed by atoms with E-state index in [4.69, 9.17) is 5.26 Å². The first kappa shape index (κ1) is 13.8. The van der Waals surface area contributed by atoms with Gasteiger partial charge in [-0.25, -0.2) is 4.98 Å². The summed E-state index contributed by atoms with van der Waals surface area (Å²) in [6.45, 7) is 2.11. The topological polar surface area (TPSA) is 52.0 Å². The average Bonchev–Trinajstić information content (AvgIpc) is 2.85. The Labute approximate surface area is 115 Å². The molecule has 1 aromatic heterocycles. The molecule has 0 radical (unpaired) electrons. The summed E-state index contributed by atoms with van der Waals surface area (Å²) in [7, 11) is 4.28. The predicted molar refractivity (Wildman–Crippen MR) is 76.9 cm³/mol. The van der Waals surface area contributed by atoms with E-state index in [1.807, 2.05) is 12.1 Å². The van der Waals surface area contributed by atoms with Crippen LogP contribution in [0.4, 0.5) is 5.69 Å². The van der Waals surface area contributed by atoms with E-state index in [0.717, 1.165) is 18.8 Å². The minimum Gasteiger partial charge on any atom is -0.383 e. The summed E-state index contributed by atoms with van der Waals surface area (Å²) in [4.78, 5) is 6.37. The van der Waals surface area contributed by atoms with Crippen LogP contribution in [0.1, 0.15) is 31.4 Å². The third-order valence-electron chi connectivity index (χ3n) is 3.86. The number of nitrogens with one attached hydrogen (secondary N) is 1. The van der Waals surface area contributed by atoms with E-state index >= 15 is 0 Å². The van der Waals surface area contributed by atoms with Crippen LogP contribution in [0, 0.1) is 16.7 Å². The molecule has 1 heterocycles. The van der Waals surface area contributed by atoms with Crippen molar-refractivity contribution in [2.24, 2.45) is 5.41 Å². The molecular formula is C15H22N4. The molecule has 0 atom stereocenters. The third-order valence-corrected chi connectivity index (χ3v) is 3.86. The van der Waals surface area contributed by atoms with Gasteiger partial charge in [0.1, 0.15) is 11.8 Å². The number of aromatic nitrogens is 1. The van der Waals surface area contributed by atoms with Crippen molar-refractivity contribution in [1.82, 2.24) is 9.88 Å². The van der Waals surface area contributed by atoms with Crippen LogP contribution in [0.2, 0.25) is 0 Å². The van der Waals surface area contributed by atoms with Gasteiger partial charge in [0, 0.05) is 18.5 Å². The molecule has 19 heavy (non-hydrogen) atoms. The number of nitrogens with zero attached hydrogens (tertiary/aromatic N) is 3. The molecule has 0 spiro atoms. The summed E-state index contributed by atoms with van der Waals surface area (Å²) < 4.78 is 0. The Bertz CT molecular complexity index is 438. The minimum atomic E-state index is 0.386. The zero-order valence-corrected chi connectivity index (χ0v) is 11.8. The molecule has 1 N–H and O–H groups in total. The van der Waals surface area contributed by atoms with Gasteiger partial charge < -0.3 is 10.2 Å². The number of rotatable bonds is 5. The Hall–Kier alpha value is -1.60. The van der Waals surface area contributed by atoms with Gasteiger partial charge in [-0.3, -0.25) is 0 Å². The normalized spacial score (nSPS) is 17.4. The van der Waals surface area contributed by atoms with Gasteiger partial charge >= 0.3 is 0 Å². The quantitative estimate of drug-likeness (QED) is 0.881. The monoisotopic (exact) mass is 258 g/mol. The molecular weight excluding hydrogens is 236 g/mol. The molecule has 1 fully saturated rings. The Morgan fingerprint density at radius 3 is 2.63 bits per heavy atom. The van der Waals surface area contributed by atoms with Crippen molar-refractivity contribution >= 4 is 5.69 Å². The highest BCUT2D eigenvalue weighted by atomic mass is 15.1. The number of hydrogen-bond acceptors (Lipinski definition) is 4. The Morgan fingerprint density at radius 2 is 2.11 bits per heavy atom. The number of hydrogen-bond donors (Lipinski definition) is 1. The van der Waals surface area contributed by atoms with Gasteiger partial charge in [-0.2, -0.15) is 5.26 Å². The molecule has 2 rings (SSSR count). The summed E-state index contributed by atoms with van der Waals surface area (Å²) in [6.07, 6.45) is 7.00. The number of anilines is 1. The number of pyridine rings is 1. The van der Waals surface area contributed by atoms with Crippen molar-refractivity contribution in [2.75, 3.05) is 32.5 Å². The fraction of sp³-hybridized carbons (Fsp3) is 0.600. The fourth-order valence-electron chi connectivity index (χ4n) is 3.04. The highest BCUT2D eigenvalue weighted by Crippen LogP contribution is 2.38. The summed E-state index contributed by atoms with van der Waals surface area (Å²) in [5, 5.41) is 12.2. The third kappa shape index (κ3) is 3.68. The van der Waals surface area contributed by atoms with Crippen molar-refractivity contribution in [3.63, 3.8) is 0 Å². The van der Waals surface area contributed by atoms with Crippen molar-refractivity contribution < 1.29 is 0 Å². The van der Waals surface area contributed by atoms with E-state index in [0.29, 0.717) is 11.1 Å². The fourth-order valence-corrected chi connectivity index (χ4v) is 3.04. The van der Waals surface area contributed by atoms with Crippen LogP contribution in [0.15, 0.2) is 18.3 Å². The summed E-state index contributed by atoms with van der Waals surface area (Å²) in [6, 6.07) is 5.73. The van der Waals surface area contributed by atoms with Crippen LogP contribution in [-0.2, 0) is 0 Å². The second-order valence-corrected chi connectivity index (χ2v) is 5.84. The van der Waals surface area contributed by atoms with Crippen molar-refractivity contribution in [2.45, 2.75) is 25.7 Å². The highest BCUT2D eigenvalue weighted by Gasteiger charge is 2.34. The van der Waals surface area contributed by atoms with E-state index in [2.05, 4.69) is 29.3 Å². The lowest BCUT2D eigenvalue weighted by molar-refractivity contribution is 0.215. The van der Waals surface area contributed by atoms with Gasteiger partial charge in [0.15, 0.2) is 0 Å². The summed E-state index contributed by atoms with van der Waals surface area (Å²) in [5.74, 6) is 0. The maximum absolute atomic E-state index is 8.73. The Kier molecular flexibility index (Phi) is 4.39. The lowest BCUT2D eigenvalue weighted by Gasteiger charge is -2.32. The van der Waals surface area contributed by atoms with E-state index < -0.39 is 0 Å². The van der Waals surface area contributed by atoms with Crippen LogP contribution in [0.5, 0.6) is 0 Å². The largest absolute Gasteiger partial charge is 0.383 e. The number of nitriles is 1. The lowest BCUT2D eigenvalue weighted by Crippen LogP contribution is -2.37. The zero-order valence-electron chi connectivity index (χ0n) is 11.8. The minimum absolute atomic E-state index is 0.386. The Balaban J connectivity index is 1.96. The van der Waals surface area contributed by atoms with Gasteiger partial charge in [0.05, 0.1) is 11.9 Å². The molecule has 4 heteroatoms. The molecule has 0 amide bonds. The molecule has 0 aliphatic heterocycles. The smallest absolute Gasteiger partial charge is 0.140 e. The standard InChI is InChI=1S/C15H22N4/c1-19(2)12-15(7-3-4-8-15)11-18-14-6-5-13(9-16)17-10-14/h5-6,10,18H,3-4,7-8,11-12H2,1-2H3. The van der Waals surface area contributed by atoms with Gasteiger partial charge in [-0.15, -0.1) is 0 Å². The molecule has 4 nitrogen and oxygen atoms in total. The van der Waals surface area contributed by atoms with Crippen LogP contribution in [0.3, 0.4) is 0 Å². The first-order valence-electron chi connectivity index (χ1n) is 6.88. The Morgan fingerprint density at radius 1 is 1.37 bits per heavy atom. The highest BCUT2D eigenvalue weighted by molar-refractivity contribution is 5.42. The first-order valence-corrected chi connectivity index (χ1v) is 6.88. The molecule has 1 aromatic rings. The van der Waals surface area contributed by atoms with Crippen molar-refractivity contribution in [1.29, 1.82) is 5.26 Å². The average molecular weight is 258 g/mol. The molecule has 102 valence electrons. The van der Waals surface area contributed by atoms with Gasteiger partial charge in [-0.1, -0.05) is 12.8 Å². The van der Waals surface area contributed by atoms with E-state index in [-0.39, 0.29) is 0 Å². The van der Waals surface area contributed by atoms with Crippen LogP contribution < -0.4 is 5.32 Å². The van der Waals surface area contributed by atoms with Gasteiger partial charge in [-0.05, 0) is 39.1 Å². The van der Waals surface area contributed by atoms with Crippen LogP contribution in [-0.4, -0.2) is 37.1 Å². The summed E-state index contributed by atoms with van der Waals surface area (Å²) in [5.41, 5.74) is 1.86. The first-order chi connectivity index (χ1) is 9.13. The van der Waals surface area contributed by atoms with Crippen molar-refractivity contribution in [3.8, 4) is 6.07 Å².